The summed E-state index contributed by atoms with van der Waals surface area (Å²) in [5.41, 5.74) is 1.75. The first-order chi connectivity index (χ1) is 7.68. The zero-order valence-electron chi connectivity index (χ0n) is 9.56. The SMILES string of the molecule is CN(C)C=C1CCSc2ccccc2C1=O. The highest BCUT2D eigenvalue weighted by Crippen LogP contribution is 2.30. The number of ketones is 1. The van der Waals surface area contributed by atoms with Crippen molar-refractivity contribution in [3.8, 4) is 0 Å². The largest absolute Gasteiger partial charge is 0.383 e. The van der Waals surface area contributed by atoms with E-state index in [1.807, 2.05) is 49.5 Å². The van der Waals surface area contributed by atoms with Crippen LogP contribution in [0.1, 0.15) is 16.8 Å². The molecule has 0 unspecified atom stereocenters. The first-order valence-electron chi connectivity index (χ1n) is 5.32. The number of fused-ring (bicyclic) bond motifs is 1. The van der Waals surface area contributed by atoms with Crippen molar-refractivity contribution in [2.75, 3.05) is 19.8 Å². The minimum absolute atomic E-state index is 0.175. The summed E-state index contributed by atoms with van der Waals surface area (Å²) in [5, 5.41) is 0. The van der Waals surface area contributed by atoms with Crippen LogP contribution < -0.4 is 0 Å². The van der Waals surface area contributed by atoms with Gasteiger partial charge in [-0.2, -0.15) is 0 Å². The summed E-state index contributed by atoms with van der Waals surface area (Å²) in [6.45, 7) is 0. The Morgan fingerprint density at radius 2 is 2.06 bits per heavy atom. The lowest BCUT2D eigenvalue weighted by Gasteiger charge is -2.09. The van der Waals surface area contributed by atoms with Crippen LogP contribution in [0.3, 0.4) is 0 Å². The van der Waals surface area contributed by atoms with Gasteiger partial charge in [-0.15, -0.1) is 11.8 Å². The quantitative estimate of drug-likeness (QED) is 0.696. The first-order valence-corrected chi connectivity index (χ1v) is 6.30. The van der Waals surface area contributed by atoms with Gasteiger partial charge in [-0.3, -0.25) is 4.79 Å². The standard InChI is InChI=1S/C13H15NOS/c1-14(2)9-10-7-8-16-12-6-4-3-5-11(12)13(10)15/h3-6,9H,7-8H2,1-2H3. The van der Waals surface area contributed by atoms with Crippen molar-refractivity contribution < 1.29 is 4.79 Å². The highest BCUT2D eigenvalue weighted by atomic mass is 32.2. The number of Topliss-reactive ketones (excluding diaryl/α,β-unsaturated/α-hetero) is 1. The number of carbonyl (C=O) groups excluding carboxylic acids is 1. The summed E-state index contributed by atoms with van der Waals surface area (Å²) in [4.78, 5) is 15.3. The number of nitrogens with zero attached hydrogens (tertiary/aromatic N) is 1. The van der Waals surface area contributed by atoms with E-state index < -0.39 is 0 Å². The molecule has 0 radical (unpaired) electrons. The Labute approximate surface area is 100 Å². The number of carbonyl (C=O) groups is 1. The second kappa shape index (κ2) is 4.74. The number of benzene rings is 1. The zero-order valence-corrected chi connectivity index (χ0v) is 10.4. The Morgan fingerprint density at radius 1 is 1.31 bits per heavy atom. The highest BCUT2D eigenvalue weighted by Gasteiger charge is 2.19. The van der Waals surface area contributed by atoms with E-state index in [0.717, 1.165) is 28.2 Å². The third kappa shape index (κ3) is 2.30. The fraction of sp³-hybridized carbons (Fsp3) is 0.308. The molecule has 0 aromatic heterocycles. The van der Waals surface area contributed by atoms with Crippen LogP contribution in [0.25, 0.3) is 0 Å². The normalized spacial score (nSPS) is 18.1. The van der Waals surface area contributed by atoms with Crippen LogP contribution in [0.2, 0.25) is 0 Å². The van der Waals surface area contributed by atoms with Gasteiger partial charge in [-0.05, 0) is 18.6 Å². The van der Waals surface area contributed by atoms with E-state index in [2.05, 4.69) is 0 Å². The maximum atomic E-state index is 12.3. The van der Waals surface area contributed by atoms with Crippen molar-refractivity contribution in [3.05, 3.63) is 41.6 Å². The van der Waals surface area contributed by atoms with Gasteiger partial charge in [0.15, 0.2) is 5.78 Å². The minimum atomic E-state index is 0.175. The molecule has 0 saturated carbocycles. The summed E-state index contributed by atoms with van der Waals surface area (Å²) >= 11 is 1.76. The molecular formula is C13H15NOS. The molecular weight excluding hydrogens is 218 g/mol. The molecule has 0 atom stereocenters. The molecule has 1 aliphatic rings. The second-order valence-corrected chi connectivity index (χ2v) is 5.18. The Hall–Kier alpha value is -1.22. The summed E-state index contributed by atoms with van der Waals surface area (Å²) in [7, 11) is 3.90. The molecule has 84 valence electrons. The topological polar surface area (TPSA) is 20.3 Å². The Balaban J connectivity index is 2.41. The maximum Gasteiger partial charge on any atom is 0.191 e. The minimum Gasteiger partial charge on any atom is -0.383 e. The Morgan fingerprint density at radius 3 is 2.81 bits per heavy atom. The van der Waals surface area contributed by atoms with Gasteiger partial charge in [0.1, 0.15) is 0 Å². The van der Waals surface area contributed by atoms with E-state index in [4.69, 9.17) is 0 Å². The van der Waals surface area contributed by atoms with Crippen molar-refractivity contribution in [3.63, 3.8) is 0 Å². The van der Waals surface area contributed by atoms with Gasteiger partial charge >= 0.3 is 0 Å². The Bertz CT molecular complexity index is 437. The van der Waals surface area contributed by atoms with Crippen LogP contribution in [0.5, 0.6) is 0 Å². The van der Waals surface area contributed by atoms with Crippen LogP contribution >= 0.6 is 11.8 Å². The van der Waals surface area contributed by atoms with Crippen molar-refractivity contribution in [1.29, 1.82) is 0 Å². The molecule has 1 heterocycles. The molecule has 2 rings (SSSR count). The van der Waals surface area contributed by atoms with Crippen LogP contribution in [0, 0.1) is 0 Å². The van der Waals surface area contributed by atoms with Crippen LogP contribution in [-0.2, 0) is 0 Å². The molecule has 16 heavy (non-hydrogen) atoms. The summed E-state index contributed by atoms with van der Waals surface area (Å²) in [6, 6.07) is 7.85. The fourth-order valence-corrected chi connectivity index (χ4v) is 2.81. The number of hydrogen-bond acceptors (Lipinski definition) is 3. The van der Waals surface area contributed by atoms with E-state index in [1.54, 1.807) is 11.8 Å². The molecule has 1 aromatic carbocycles. The third-order valence-corrected chi connectivity index (χ3v) is 3.54. The summed E-state index contributed by atoms with van der Waals surface area (Å²) in [5.74, 6) is 1.15. The van der Waals surface area contributed by atoms with E-state index in [-0.39, 0.29) is 5.78 Å². The fourth-order valence-electron chi connectivity index (χ4n) is 1.77. The van der Waals surface area contributed by atoms with Crippen molar-refractivity contribution in [2.24, 2.45) is 0 Å². The van der Waals surface area contributed by atoms with E-state index in [0.29, 0.717) is 0 Å². The molecule has 2 nitrogen and oxygen atoms in total. The van der Waals surface area contributed by atoms with Gasteiger partial charge in [0.05, 0.1) is 0 Å². The lowest BCUT2D eigenvalue weighted by Crippen LogP contribution is -2.09. The molecule has 0 bridgehead atoms. The monoisotopic (exact) mass is 233 g/mol. The van der Waals surface area contributed by atoms with Crippen molar-refractivity contribution in [1.82, 2.24) is 4.90 Å². The predicted octanol–water partition coefficient (Wildman–Crippen LogP) is 2.81. The highest BCUT2D eigenvalue weighted by molar-refractivity contribution is 7.99. The zero-order chi connectivity index (χ0) is 11.5. The molecule has 1 aromatic rings. The summed E-state index contributed by atoms with van der Waals surface area (Å²) in [6.07, 6.45) is 2.78. The van der Waals surface area contributed by atoms with Crippen LogP contribution in [0.15, 0.2) is 40.9 Å². The van der Waals surface area contributed by atoms with Crippen LogP contribution in [-0.4, -0.2) is 30.5 Å². The predicted molar refractivity (Wildman–Crippen MR) is 67.9 cm³/mol. The van der Waals surface area contributed by atoms with Crippen molar-refractivity contribution in [2.45, 2.75) is 11.3 Å². The number of rotatable bonds is 1. The molecule has 0 fully saturated rings. The lowest BCUT2D eigenvalue weighted by molar-refractivity contribution is 0.102. The molecule has 3 heteroatoms. The van der Waals surface area contributed by atoms with Gasteiger partial charge in [0, 0.05) is 42.1 Å². The molecule has 0 spiro atoms. The average Bonchev–Trinajstić information content (AvgIpc) is 2.40. The Kier molecular flexibility index (Phi) is 3.34. The second-order valence-electron chi connectivity index (χ2n) is 4.04. The molecule has 1 aliphatic heterocycles. The molecule has 0 N–H and O–H groups in total. The van der Waals surface area contributed by atoms with E-state index >= 15 is 0 Å². The maximum absolute atomic E-state index is 12.3. The van der Waals surface area contributed by atoms with Gasteiger partial charge in [-0.25, -0.2) is 0 Å². The third-order valence-electron chi connectivity index (χ3n) is 2.47. The average molecular weight is 233 g/mol. The smallest absolute Gasteiger partial charge is 0.191 e. The van der Waals surface area contributed by atoms with Gasteiger partial charge < -0.3 is 4.90 Å². The van der Waals surface area contributed by atoms with Crippen LogP contribution in [0.4, 0.5) is 0 Å². The van der Waals surface area contributed by atoms with E-state index in [9.17, 15) is 4.79 Å². The molecule has 0 aliphatic carbocycles. The number of hydrogen-bond donors (Lipinski definition) is 0. The first kappa shape index (κ1) is 11.3. The van der Waals surface area contributed by atoms with Gasteiger partial charge in [-0.1, -0.05) is 12.1 Å². The number of allylic oxidation sites excluding steroid dienone is 1. The molecule has 0 amide bonds. The lowest BCUT2D eigenvalue weighted by atomic mass is 10.0. The summed E-state index contributed by atoms with van der Waals surface area (Å²) < 4.78 is 0. The van der Waals surface area contributed by atoms with E-state index in [1.165, 1.54) is 0 Å². The van der Waals surface area contributed by atoms with Crippen molar-refractivity contribution >= 4 is 17.5 Å². The molecule has 0 saturated heterocycles. The van der Waals surface area contributed by atoms with Gasteiger partial charge in [0.2, 0.25) is 0 Å². The number of thioether (sulfide) groups is 1. The van der Waals surface area contributed by atoms with Gasteiger partial charge in [0.25, 0.3) is 0 Å².